The highest BCUT2D eigenvalue weighted by molar-refractivity contribution is 5.97. The SMILES string of the molecule is CC(C)CCN(C(=N)CC(N)=O)C(C)C. The molecule has 0 unspecified atom stereocenters. The van der Waals surface area contributed by atoms with E-state index in [1.807, 2.05) is 18.7 Å². The fourth-order valence-electron chi connectivity index (χ4n) is 1.37. The van der Waals surface area contributed by atoms with Crippen LogP contribution in [-0.2, 0) is 4.79 Å². The molecule has 15 heavy (non-hydrogen) atoms. The van der Waals surface area contributed by atoms with E-state index in [1.165, 1.54) is 0 Å². The molecule has 0 spiro atoms. The smallest absolute Gasteiger partial charge is 0.224 e. The molecule has 0 atom stereocenters. The first-order valence-electron chi connectivity index (χ1n) is 5.47. The number of hydrogen-bond donors (Lipinski definition) is 2. The van der Waals surface area contributed by atoms with Gasteiger partial charge in [-0.3, -0.25) is 10.2 Å². The van der Waals surface area contributed by atoms with Gasteiger partial charge < -0.3 is 10.6 Å². The van der Waals surface area contributed by atoms with E-state index < -0.39 is 5.91 Å². The second kappa shape index (κ2) is 6.43. The third-order valence-electron chi connectivity index (χ3n) is 2.26. The van der Waals surface area contributed by atoms with Crippen molar-refractivity contribution >= 4 is 11.7 Å². The van der Waals surface area contributed by atoms with E-state index in [2.05, 4.69) is 13.8 Å². The summed E-state index contributed by atoms with van der Waals surface area (Å²) in [5.41, 5.74) is 5.08. The monoisotopic (exact) mass is 213 g/mol. The molecule has 4 nitrogen and oxygen atoms in total. The van der Waals surface area contributed by atoms with Gasteiger partial charge in [0, 0.05) is 12.6 Å². The number of amidine groups is 1. The Morgan fingerprint density at radius 3 is 2.20 bits per heavy atom. The lowest BCUT2D eigenvalue weighted by molar-refractivity contribution is -0.117. The summed E-state index contributed by atoms with van der Waals surface area (Å²) in [6, 6.07) is 0.246. The van der Waals surface area contributed by atoms with Crippen molar-refractivity contribution in [3.8, 4) is 0 Å². The third-order valence-corrected chi connectivity index (χ3v) is 2.26. The Morgan fingerprint density at radius 2 is 1.87 bits per heavy atom. The Kier molecular flexibility index (Phi) is 5.97. The third kappa shape index (κ3) is 6.10. The number of nitrogens with zero attached hydrogens (tertiary/aromatic N) is 1. The summed E-state index contributed by atoms with van der Waals surface area (Å²) in [4.78, 5) is 12.7. The van der Waals surface area contributed by atoms with Crippen LogP contribution in [0.1, 0.15) is 40.5 Å². The fourth-order valence-corrected chi connectivity index (χ4v) is 1.37. The minimum atomic E-state index is -0.435. The number of amides is 1. The minimum Gasteiger partial charge on any atom is -0.369 e. The summed E-state index contributed by atoms with van der Waals surface area (Å²) in [5.74, 6) is 0.501. The second-order valence-electron chi connectivity index (χ2n) is 4.56. The van der Waals surface area contributed by atoms with Crippen molar-refractivity contribution in [2.45, 2.75) is 46.6 Å². The predicted octanol–water partition coefficient (Wildman–Crippen LogP) is 1.60. The highest BCUT2D eigenvalue weighted by Crippen LogP contribution is 2.07. The van der Waals surface area contributed by atoms with Crippen LogP contribution in [0, 0.1) is 11.3 Å². The van der Waals surface area contributed by atoms with E-state index in [0.29, 0.717) is 11.8 Å². The summed E-state index contributed by atoms with van der Waals surface area (Å²) < 4.78 is 0. The molecule has 0 heterocycles. The first kappa shape index (κ1) is 13.9. The van der Waals surface area contributed by atoms with Crippen LogP contribution in [0.5, 0.6) is 0 Å². The maximum atomic E-state index is 10.7. The highest BCUT2D eigenvalue weighted by Gasteiger charge is 2.15. The zero-order chi connectivity index (χ0) is 12.0. The Balaban J connectivity index is 4.25. The molecular weight excluding hydrogens is 190 g/mol. The largest absolute Gasteiger partial charge is 0.369 e. The van der Waals surface area contributed by atoms with Crippen molar-refractivity contribution < 1.29 is 4.79 Å². The number of primary amides is 1. The van der Waals surface area contributed by atoms with Gasteiger partial charge in [0.25, 0.3) is 0 Å². The molecule has 0 radical (unpaired) electrons. The van der Waals surface area contributed by atoms with E-state index in [1.54, 1.807) is 0 Å². The summed E-state index contributed by atoms with van der Waals surface area (Å²) in [5, 5.41) is 7.78. The molecule has 3 N–H and O–H groups in total. The van der Waals surface area contributed by atoms with Gasteiger partial charge in [-0.05, 0) is 26.2 Å². The molecule has 0 aromatic rings. The summed E-state index contributed by atoms with van der Waals surface area (Å²) >= 11 is 0. The van der Waals surface area contributed by atoms with Crippen molar-refractivity contribution in [2.75, 3.05) is 6.54 Å². The van der Waals surface area contributed by atoms with E-state index >= 15 is 0 Å². The number of rotatable bonds is 6. The Bertz CT molecular complexity index is 224. The Morgan fingerprint density at radius 1 is 1.33 bits per heavy atom. The maximum Gasteiger partial charge on any atom is 0.224 e. The first-order chi connectivity index (χ1) is 6.84. The minimum absolute atomic E-state index is 0.0380. The van der Waals surface area contributed by atoms with E-state index in [9.17, 15) is 4.79 Å². The molecule has 0 saturated heterocycles. The molecule has 0 saturated carbocycles. The fraction of sp³-hybridized carbons (Fsp3) is 0.818. The van der Waals surface area contributed by atoms with Crippen LogP contribution in [0.3, 0.4) is 0 Å². The number of nitrogens with two attached hydrogens (primary N) is 1. The summed E-state index contributed by atoms with van der Waals surface area (Å²) in [6.07, 6.45) is 1.07. The number of carbonyl (C=O) groups excluding carboxylic acids is 1. The van der Waals surface area contributed by atoms with E-state index in [4.69, 9.17) is 11.1 Å². The van der Waals surface area contributed by atoms with Crippen LogP contribution in [-0.4, -0.2) is 29.2 Å². The quantitative estimate of drug-likeness (QED) is 0.519. The number of hydrogen-bond acceptors (Lipinski definition) is 2. The lowest BCUT2D eigenvalue weighted by Gasteiger charge is -2.29. The molecule has 0 aliphatic carbocycles. The Hall–Kier alpha value is -1.06. The predicted molar refractivity (Wildman–Crippen MR) is 62.8 cm³/mol. The lowest BCUT2D eigenvalue weighted by atomic mass is 10.1. The van der Waals surface area contributed by atoms with Crippen molar-refractivity contribution in [3.63, 3.8) is 0 Å². The van der Waals surface area contributed by atoms with Gasteiger partial charge in [0.15, 0.2) is 0 Å². The molecule has 0 bridgehead atoms. The van der Waals surface area contributed by atoms with Crippen LogP contribution in [0.25, 0.3) is 0 Å². The molecule has 0 aromatic carbocycles. The van der Waals surface area contributed by atoms with Gasteiger partial charge in [-0.25, -0.2) is 0 Å². The van der Waals surface area contributed by atoms with Gasteiger partial charge in [0.05, 0.1) is 6.42 Å². The van der Waals surface area contributed by atoms with Crippen molar-refractivity contribution in [1.29, 1.82) is 5.41 Å². The normalized spacial score (nSPS) is 10.8. The molecule has 0 aliphatic heterocycles. The van der Waals surface area contributed by atoms with Crippen LogP contribution in [0.15, 0.2) is 0 Å². The lowest BCUT2D eigenvalue weighted by Crippen LogP contribution is -2.39. The molecule has 1 amide bonds. The molecule has 4 heteroatoms. The number of carbonyl (C=O) groups is 1. The number of nitrogens with one attached hydrogen (secondary N) is 1. The van der Waals surface area contributed by atoms with E-state index in [0.717, 1.165) is 13.0 Å². The van der Waals surface area contributed by atoms with Crippen LogP contribution >= 0.6 is 0 Å². The van der Waals surface area contributed by atoms with E-state index in [-0.39, 0.29) is 12.5 Å². The van der Waals surface area contributed by atoms with Gasteiger partial charge in [0.1, 0.15) is 5.84 Å². The van der Waals surface area contributed by atoms with Crippen LogP contribution < -0.4 is 5.73 Å². The molecule has 0 fully saturated rings. The van der Waals surface area contributed by atoms with Crippen LogP contribution in [0.2, 0.25) is 0 Å². The molecule has 0 aromatic heterocycles. The average molecular weight is 213 g/mol. The molecule has 0 rings (SSSR count). The zero-order valence-electron chi connectivity index (χ0n) is 10.2. The zero-order valence-corrected chi connectivity index (χ0v) is 10.2. The van der Waals surface area contributed by atoms with Gasteiger partial charge in [-0.2, -0.15) is 0 Å². The topological polar surface area (TPSA) is 70.2 Å². The first-order valence-corrected chi connectivity index (χ1v) is 5.47. The van der Waals surface area contributed by atoms with Gasteiger partial charge in [-0.1, -0.05) is 13.8 Å². The van der Waals surface area contributed by atoms with Gasteiger partial charge in [0.2, 0.25) is 5.91 Å². The van der Waals surface area contributed by atoms with Gasteiger partial charge >= 0.3 is 0 Å². The van der Waals surface area contributed by atoms with Crippen molar-refractivity contribution in [2.24, 2.45) is 11.7 Å². The molecule has 88 valence electrons. The molecule has 0 aliphatic rings. The van der Waals surface area contributed by atoms with Crippen LogP contribution in [0.4, 0.5) is 0 Å². The van der Waals surface area contributed by atoms with Crippen molar-refractivity contribution in [3.05, 3.63) is 0 Å². The highest BCUT2D eigenvalue weighted by atomic mass is 16.1. The molecular formula is C11H23N3O. The Labute approximate surface area is 92.3 Å². The average Bonchev–Trinajstić information content (AvgIpc) is 2.01. The second-order valence-corrected chi connectivity index (χ2v) is 4.56. The van der Waals surface area contributed by atoms with Gasteiger partial charge in [-0.15, -0.1) is 0 Å². The van der Waals surface area contributed by atoms with Crippen molar-refractivity contribution in [1.82, 2.24) is 4.90 Å². The summed E-state index contributed by atoms with van der Waals surface area (Å²) in [7, 11) is 0. The standard InChI is InChI=1S/C11H23N3O/c1-8(2)5-6-14(9(3)4)10(12)7-11(13)15/h8-9,12H,5-7H2,1-4H3,(H2,13,15). The summed E-state index contributed by atoms with van der Waals surface area (Å²) in [6.45, 7) is 9.17. The maximum absolute atomic E-state index is 10.7.